The highest BCUT2D eigenvalue weighted by Crippen LogP contribution is 2.24. The van der Waals surface area contributed by atoms with Gasteiger partial charge in [-0.3, -0.25) is 9.89 Å². The molecule has 7 heteroatoms. The Balaban J connectivity index is 1.87. The van der Waals surface area contributed by atoms with E-state index in [0.29, 0.717) is 6.04 Å². The molecule has 0 radical (unpaired) electrons. The van der Waals surface area contributed by atoms with Crippen LogP contribution in [0.1, 0.15) is 39.7 Å². The largest absolute Gasteiger partial charge is 0.497 e. The van der Waals surface area contributed by atoms with Gasteiger partial charge in [-0.25, -0.2) is 0 Å². The number of methoxy groups -OCH3 is 2. The fourth-order valence-corrected chi connectivity index (χ4v) is 3.42. The summed E-state index contributed by atoms with van der Waals surface area (Å²) in [5, 5.41) is 10.4. The quantitative estimate of drug-likeness (QED) is 0.333. The van der Waals surface area contributed by atoms with Crippen molar-refractivity contribution in [1.29, 1.82) is 0 Å². The van der Waals surface area contributed by atoms with Gasteiger partial charge in [0.1, 0.15) is 11.5 Å². The average molecular weight is 406 g/mol. The molecule has 0 aromatic heterocycles. The van der Waals surface area contributed by atoms with Crippen LogP contribution in [0.15, 0.2) is 23.2 Å². The molecule has 1 aromatic carbocycles. The minimum Gasteiger partial charge on any atom is -0.497 e. The fraction of sp³-hybridized carbons (Fsp3) is 0.682. The number of hydrogen-bond donors (Lipinski definition) is 3. The Hall–Kier alpha value is -1.99. The second-order valence-electron chi connectivity index (χ2n) is 8.52. The molecule has 1 fully saturated rings. The molecule has 1 atom stereocenters. The van der Waals surface area contributed by atoms with Crippen LogP contribution in [-0.2, 0) is 6.54 Å². The van der Waals surface area contributed by atoms with Crippen LogP contribution in [0, 0.1) is 0 Å². The maximum absolute atomic E-state index is 5.39. The van der Waals surface area contributed by atoms with E-state index in [2.05, 4.69) is 60.7 Å². The van der Waals surface area contributed by atoms with Gasteiger partial charge in [0, 0.05) is 50.4 Å². The second kappa shape index (κ2) is 11.3. The van der Waals surface area contributed by atoms with Gasteiger partial charge in [-0.1, -0.05) is 0 Å². The molecule has 0 bridgehead atoms. The summed E-state index contributed by atoms with van der Waals surface area (Å²) in [7, 11) is 3.37. The highest BCUT2D eigenvalue weighted by Gasteiger charge is 2.23. The molecule has 29 heavy (non-hydrogen) atoms. The first-order chi connectivity index (χ1) is 13.8. The molecule has 0 saturated carbocycles. The second-order valence-corrected chi connectivity index (χ2v) is 8.52. The lowest BCUT2D eigenvalue weighted by molar-refractivity contribution is 0.321. The lowest BCUT2D eigenvalue weighted by Gasteiger charge is -2.21. The number of guanidine groups is 1. The van der Waals surface area contributed by atoms with Crippen LogP contribution in [0.4, 0.5) is 0 Å². The Bertz CT molecular complexity index is 635. The maximum atomic E-state index is 5.39. The van der Waals surface area contributed by atoms with E-state index in [1.807, 2.05) is 6.07 Å². The zero-order chi connectivity index (χ0) is 21.3. The number of benzene rings is 1. The van der Waals surface area contributed by atoms with Crippen LogP contribution in [-0.4, -0.2) is 69.4 Å². The van der Waals surface area contributed by atoms with Crippen molar-refractivity contribution in [2.45, 2.75) is 52.2 Å². The Morgan fingerprint density at radius 2 is 1.86 bits per heavy atom. The van der Waals surface area contributed by atoms with Crippen LogP contribution < -0.4 is 25.4 Å². The highest BCUT2D eigenvalue weighted by atomic mass is 16.5. The molecule has 7 nitrogen and oxygen atoms in total. The molecule has 0 aliphatic carbocycles. The summed E-state index contributed by atoms with van der Waals surface area (Å²) in [5.41, 5.74) is 1.33. The van der Waals surface area contributed by atoms with Crippen LogP contribution >= 0.6 is 0 Å². The standard InChI is InChI=1S/C22H39N5O2/c1-7-23-21(24-9-10-25-22(2,3)4)26-18-8-11-27(16-18)15-17-12-19(28-5)14-20(13-17)29-6/h12-14,18,25H,7-11,15-16H2,1-6H3,(H2,23,24,26). The minimum absolute atomic E-state index is 0.121. The number of aliphatic imine (C=N–C) groups is 1. The third kappa shape index (κ3) is 8.50. The van der Waals surface area contributed by atoms with E-state index < -0.39 is 0 Å². The van der Waals surface area contributed by atoms with E-state index in [0.717, 1.165) is 63.1 Å². The highest BCUT2D eigenvalue weighted by molar-refractivity contribution is 5.80. The Kier molecular flexibility index (Phi) is 9.04. The Labute approximate surface area is 176 Å². The van der Waals surface area contributed by atoms with E-state index in [1.165, 1.54) is 5.56 Å². The Morgan fingerprint density at radius 3 is 2.45 bits per heavy atom. The molecule has 1 aliphatic heterocycles. The molecule has 1 aliphatic rings. The average Bonchev–Trinajstić information content (AvgIpc) is 3.10. The van der Waals surface area contributed by atoms with E-state index in [9.17, 15) is 0 Å². The molecular weight excluding hydrogens is 366 g/mol. The van der Waals surface area contributed by atoms with E-state index in [-0.39, 0.29) is 5.54 Å². The maximum Gasteiger partial charge on any atom is 0.191 e. The fourth-order valence-electron chi connectivity index (χ4n) is 3.42. The monoisotopic (exact) mass is 405 g/mol. The van der Waals surface area contributed by atoms with Crippen molar-refractivity contribution in [2.24, 2.45) is 4.99 Å². The Morgan fingerprint density at radius 1 is 1.17 bits per heavy atom. The van der Waals surface area contributed by atoms with Gasteiger partial charge in [0.15, 0.2) is 5.96 Å². The van der Waals surface area contributed by atoms with E-state index >= 15 is 0 Å². The van der Waals surface area contributed by atoms with Crippen molar-refractivity contribution in [3.8, 4) is 11.5 Å². The zero-order valence-electron chi connectivity index (χ0n) is 19.0. The summed E-state index contributed by atoms with van der Waals surface area (Å²) in [4.78, 5) is 7.17. The van der Waals surface area contributed by atoms with Gasteiger partial charge in [0.25, 0.3) is 0 Å². The van der Waals surface area contributed by atoms with Crippen molar-refractivity contribution in [1.82, 2.24) is 20.9 Å². The number of nitrogens with zero attached hydrogens (tertiary/aromatic N) is 2. The summed E-state index contributed by atoms with van der Waals surface area (Å²) in [6.45, 7) is 14.0. The minimum atomic E-state index is 0.121. The van der Waals surface area contributed by atoms with E-state index in [1.54, 1.807) is 14.2 Å². The summed E-state index contributed by atoms with van der Waals surface area (Å²) >= 11 is 0. The van der Waals surface area contributed by atoms with Crippen LogP contribution in [0.2, 0.25) is 0 Å². The van der Waals surface area contributed by atoms with Crippen molar-refractivity contribution in [2.75, 3.05) is 46.9 Å². The van der Waals surface area contributed by atoms with Crippen LogP contribution in [0.3, 0.4) is 0 Å². The third-order valence-corrected chi connectivity index (χ3v) is 4.81. The number of ether oxygens (including phenoxy) is 2. The predicted octanol–water partition coefficient (Wildman–Crippen LogP) is 2.22. The summed E-state index contributed by atoms with van der Waals surface area (Å²) in [5.74, 6) is 2.57. The smallest absolute Gasteiger partial charge is 0.191 e. The first kappa shape index (κ1) is 23.3. The first-order valence-electron chi connectivity index (χ1n) is 10.6. The number of nitrogens with one attached hydrogen (secondary N) is 3. The molecule has 0 spiro atoms. The topological polar surface area (TPSA) is 70.2 Å². The van der Waals surface area contributed by atoms with Gasteiger partial charge in [-0.15, -0.1) is 0 Å². The molecule has 1 aromatic rings. The first-order valence-corrected chi connectivity index (χ1v) is 10.6. The number of likely N-dealkylation sites (tertiary alicyclic amines) is 1. The molecular formula is C22H39N5O2. The molecule has 0 amide bonds. The molecule has 1 unspecified atom stereocenters. The van der Waals surface area contributed by atoms with Crippen molar-refractivity contribution in [3.63, 3.8) is 0 Å². The van der Waals surface area contributed by atoms with Gasteiger partial charge in [0.05, 0.1) is 20.8 Å². The van der Waals surface area contributed by atoms with Gasteiger partial charge in [-0.2, -0.15) is 0 Å². The van der Waals surface area contributed by atoms with Gasteiger partial charge in [0.2, 0.25) is 0 Å². The molecule has 1 heterocycles. The van der Waals surface area contributed by atoms with Crippen LogP contribution in [0.5, 0.6) is 11.5 Å². The van der Waals surface area contributed by atoms with Gasteiger partial charge < -0.3 is 25.4 Å². The lowest BCUT2D eigenvalue weighted by atomic mass is 10.1. The van der Waals surface area contributed by atoms with Crippen molar-refractivity contribution in [3.05, 3.63) is 23.8 Å². The lowest BCUT2D eigenvalue weighted by Crippen LogP contribution is -2.45. The SMILES string of the molecule is CCNC(=NCCNC(C)(C)C)NC1CCN(Cc2cc(OC)cc(OC)c2)C1. The summed E-state index contributed by atoms with van der Waals surface area (Å²) in [6.07, 6.45) is 1.10. The zero-order valence-corrected chi connectivity index (χ0v) is 19.0. The molecule has 2 rings (SSSR count). The molecule has 1 saturated heterocycles. The number of rotatable bonds is 9. The summed E-state index contributed by atoms with van der Waals surface area (Å²) < 4.78 is 10.8. The number of hydrogen-bond acceptors (Lipinski definition) is 5. The van der Waals surface area contributed by atoms with E-state index in [4.69, 9.17) is 14.5 Å². The van der Waals surface area contributed by atoms with Crippen molar-refractivity contribution >= 4 is 5.96 Å². The van der Waals surface area contributed by atoms with Crippen molar-refractivity contribution < 1.29 is 9.47 Å². The molecule has 3 N–H and O–H groups in total. The summed E-state index contributed by atoms with van der Waals surface area (Å²) in [6, 6.07) is 6.47. The van der Waals surface area contributed by atoms with Gasteiger partial charge in [-0.05, 0) is 51.8 Å². The third-order valence-electron chi connectivity index (χ3n) is 4.81. The van der Waals surface area contributed by atoms with Crippen LogP contribution in [0.25, 0.3) is 0 Å². The normalized spacial score (nSPS) is 18.0. The molecule has 164 valence electrons. The van der Waals surface area contributed by atoms with Gasteiger partial charge >= 0.3 is 0 Å². The predicted molar refractivity (Wildman–Crippen MR) is 120 cm³/mol.